The summed E-state index contributed by atoms with van der Waals surface area (Å²) in [6.45, 7) is 6.59. The Kier molecular flexibility index (Phi) is 6.41. The van der Waals surface area contributed by atoms with E-state index < -0.39 is 0 Å². The first-order valence-electron chi connectivity index (χ1n) is 6.92. The molecular formula is C13H23N5O2S. The number of aromatic nitrogens is 1. The van der Waals surface area contributed by atoms with Gasteiger partial charge in [0.1, 0.15) is 10.6 Å². The van der Waals surface area contributed by atoms with Crippen LogP contribution < -0.4 is 21.3 Å². The molecule has 0 bridgehead atoms. The summed E-state index contributed by atoms with van der Waals surface area (Å²) in [6.07, 6.45) is 0.847. The molecule has 0 atom stereocenters. The predicted octanol–water partition coefficient (Wildman–Crippen LogP) is 0.826. The van der Waals surface area contributed by atoms with Gasteiger partial charge in [0.25, 0.3) is 5.91 Å². The van der Waals surface area contributed by atoms with Crippen LogP contribution >= 0.6 is 11.5 Å². The lowest BCUT2D eigenvalue weighted by molar-refractivity contribution is -0.119. The maximum atomic E-state index is 12.3. The summed E-state index contributed by atoms with van der Waals surface area (Å²) in [6, 6.07) is 0.00298. The monoisotopic (exact) mass is 313 g/mol. The van der Waals surface area contributed by atoms with Crippen LogP contribution in [0.2, 0.25) is 0 Å². The molecule has 0 saturated carbocycles. The molecule has 118 valence electrons. The van der Waals surface area contributed by atoms with Crippen LogP contribution in [0.15, 0.2) is 0 Å². The van der Waals surface area contributed by atoms with E-state index in [0.717, 1.165) is 18.0 Å². The van der Waals surface area contributed by atoms with Crippen molar-refractivity contribution in [2.45, 2.75) is 33.2 Å². The van der Waals surface area contributed by atoms with E-state index in [2.05, 4.69) is 15.0 Å². The van der Waals surface area contributed by atoms with Gasteiger partial charge in [-0.25, -0.2) is 0 Å². The summed E-state index contributed by atoms with van der Waals surface area (Å²) in [4.78, 5) is 25.7. The Balaban J connectivity index is 3.08. The van der Waals surface area contributed by atoms with Crippen LogP contribution in [0.25, 0.3) is 0 Å². The second kappa shape index (κ2) is 7.82. The number of rotatable bonds is 7. The fourth-order valence-corrected chi connectivity index (χ4v) is 2.67. The predicted molar refractivity (Wildman–Crippen MR) is 85.7 cm³/mol. The largest absolute Gasteiger partial charge is 0.382 e. The Morgan fingerprint density at radius 2 is 2.10 bits per heavy atom. The molecule has 1 rings (SSSR count). The maximum absolute atomic E-state index is 12.3. The number of hydrogen-bond donors (Lipinski definition) is 3. The number of nitrogens with one attached hydrogen (secondary N) is 2. The van der Waals surface area contributed by atoms with Crippen LogP contribution in [0.1, 0.15) is 37.6 Å². The van der Waals surface area contributed by atoms with Crippen molar-refractivity contribution >= 4 is 34.2 Å². The van der Waals surface area contributed by atoms with E-state index in [1.807, 2.05) is 25.7 Å². The highest BCUT2D eigenvalue weighted by Crippen LogP contribution is 2.30. The number of carbonyl (C=O) groups excluding carboxylic acids is 2. The lowest BCUT2D eigenvalue weighted by atomic mass is 10.2. The first kappa shape index (κ1) is 17.2. The molecule has 8 heteroatoms. The quantitative estimate of drug-likeness (QED) is 0.692. The molecule has 0 unspecified atom stereocenters. The van der Waals surface area contributed by atoms with E-state index in [-0.39, 0.29) is 30.2 Å². The second-order valence-corrected chi connectivity index (χ2v) is 5.72. The molecule has 21 heavy (non-hydrogen) atoms. The SMILES string of the molecule is CCCN(CC(=O)NC)c1snc(N)c1C(=O)NC(C)C. The zero-order valence-electron chi connectivity index (χ0n) is 12.9. The Bertz CT molecular complexity index is 501. The third-order valence-electron chi connectivity index (χ3n) is 2.74. The van der Waals surface area contributed by atoms with Gasteiger partial charge in [-0.3, -0.25) is 9.59 Å². The van der Waals surface area contributed by atoms with E-state index in [1.165, 1.54) is 0 Å². The van der Waals surface area contributed by atoms with Crippen molar-refractivity contribution in [2.24, 2.45) is 0 Å². The van der Waals surface area contributed by atoms with Crippen LogP contribution in [0.4, 0.5) is 10.8 Å². The summed E-state index contributed by atoms with van der Waals surface area (Å²) < 4.78 is 4.07. The van der Waals surface area contributed by atoms with Crippen LogP contribution in [-0.4, -0.2) is 42.4 Å². The van der Waals surface area contributed by atoms with Gasteiger partial charge in [0.05, 0.1) is 6.54 Å². The fraction of sp³-hybridized carbons (Fsp3) is 0.615. The minimum Gasteiger partial charge on any atom is -0.382 e. The van der Waals surface area contributed by atoms with Gasteiger partial charge in [-0.2, -0.15) is 4.37 Å². The van der Waals surface area contributed by atoms with Crippen LogP contribution in [0.3, 0.4) is 0 Å². The van der Waals surface area contributed by atoms with Crippen molar-refractivity contribution in [1.29, 1.82) is 0 Å². The third kappa shape index (κ3) is 4.59. The molecule has 0 spiro atoms. The van der Waals surface area contributed by atoms with Crippen molar-refractivity contribution in [2.75, 3.05) is 30.8 Å². The molecule has 2 amide bonds. The normalized spacial score (nSPS) is 10.5. The minimum absolute atomic E-state index is 0.00298. The Hall–Kier alpha value is -1.83. The molecule has 0 radical (unpaired) electrons. The lowest BCUT2D eigenvalue weighted by Gasteiger charge is -2.22. The standard InChI is InChI=1S/C13H23N5O2S/c1-5-6-18(7-9(19)15-4)13-10(11(14)17-21-13)12(20)16-8(2)3/h8H,5-7H2,1-4H3,(H2,14,17)(H,15,19)(H,16,20). The van der Waals surface area contributed by atoms with E-state index in [0.29, 0.717) is 17.1 Å². The van der Waals surface area contributed by atoms with E-state index in [1.54, 1.807) is 7.05 Å². The number of anilines is 2. The van der Waals surface area contributed by atoms with Crippen LogP contribution in [-0.2, 0) is 4.79 Å². The van der Waals surface area contributed by atoms with Gasteiger partial charge >= 0.3 is 0 Å². The zero-order valence-corrected chi connectivity index (χ0v) is 13.7. The summed E-state index contributed by atoms with van der Waals surface area (Å²) in [5.74, 6) is -0.180. The van der Waals surface area contributed by atoms with Gasteiger partial charge < -0.3 is 21.3 Å². The fourth-order valence-electron chi connectivity index (χ4n) is 1.83. The first-order valence-corrected chi connectivity index (χ1v) is 7.69. The molecule has 7 nitrogen and oxygen atoms in total. The number of carbonyl (C=O) groups is 2. The lowest BCUT2D eigenvalue weighted by Crippen LogP contribution is -2.37. The molecule has 1 aromatic rings. The number of likely N-dealkylation sites (N-methyl/N-ethyl adjacent to an activating group) is 1. The van der Waals surface area contributed by atoms with Crippen molar-refractivity contribution in [3.8, 4) is 0 Å². The number of nitrogens with zero attached hydrogens (tertiary/aromatic N) is 2. The molecule has 1 aromatic heterocycles. The number of hydrogen-bond acceptors (Lipinski definition) is 6. The van der Waals surface area contributed by atoms with E-state index in [9.17, 15) is 9.59 Å². The van der Waals surface area contributed by atoms with E-state index >= 15 is 0 Å². The van der Waals surface area contributed by atoms with Gasteiger partial charge in [-0.1, -0.05) is 6.92 Å². The van der Waals surface area contributed by atoms with Crippen molar-refractivity contribution in [1.82, 2.24) is 15.0 Å². The zero-order chi connectivity index (χ0) is 16.0. The smallest absolute Gasteiger partial charge is 0.258 e. The molecule has 0 aliphatic carbocycles. The summed E-state index contributed by atoms with van der Waals surface area (Å²) in [5.41, 5.74) is 6.18. The molecule has 0 saturated heterocycles. The highest BCUT2D eigenvalue weighted by Gasteiger charge is 2.24. The van der Waals surface area contributed by atoms with E-state index in [4.69, 9.17) is 5.73 Å². The molecule has 0 aliphatic rings. The van der Waals surface area contributed by atoms with Crippen molar-refractivity contribution < 1.29 is 9.59 Å². The molecule has 0 aliphatic heterocycles. The molecular weight excluding hydrogens is 290 g/mol. The van der Waals surface area contributed by atoms with Crippen molar-refractivity contribution in [3.63, 3.8) is 0 Å². The molecule has 4 N–H and O–H groups in total. The molecule has 0 fully saturated rings. The van der Waals surface area contributed by atoms with Gasteiger partial charge in [0.2, 0.25) is 5.91 Å². The summed E-state index contributed by atoms with van der Waals surface area (Å²) in [5, 5.41) is 6.03. The molecule has 1 heterocycles. The topological polar surface area (TPSA) is 100 Å². The summed E-state index contributed by atoms with van der Waals surface area (Å²) >= 11 is 1.14. The second-order valence-electron chi connectivity index (χ2n) is 4.97. The average molecular weight is 313 g/mol. The number of amides is 2. The minimum atomic E-state index is -0.260. The van der Waals surface area contributed by atoms with Crippen molar-refractivity contribution in [3.05, 3.63) is 5.56 Å². The van der Waals surface area contributed by atoms with Crippen LogP contribution in [0.5, 0.6) is 0 Å². The number of nitrogen functional groups attached to an aromatic ring is 1. The summed E-state index contributed by atoms with van der Waals surface area (Å²) in [7, 11) is 1.58. The van der Waals surface area contributed by atoms with Crippen LogP contribution in [0, 0.1) is 0 Å². The third-order valence-corrected chi connectivity index (χ3v) is 3.66. The Labute approximate surface area is 129 Å². The van der Waals surface area contributed by atoms with Gasteiger partial charge in [0, 0.05) is 19.6 Å². The highest BCUT2D eigenvalue weighted by atomic mass is 32.1. The first-order chi connectivity index (χ1) is 9.90. The maximum Gasteiger partial charge on any atom is 0.258 e. The Morgan fingerprint density at radius 3 is 2.62 bits per heavy atom. The highest BCUT2D eigenvalue weighted by molar-refractivity contribution is 7.11. The average Bonchev–Trinajstić information content (AvgIpc) is 2.79. The Morgan fingerprint density at radius 1 is 1.43 bits per heavy atom. The van der Waals surface area contributed by atoms with Gasteiger partial charge in [0.15, 0.2) is 5.82 Å². The molecule has 0 aromatic carbocycles. The van der Waals surface area contributed by atoms with Gasteiger partial charge in [-0.05, 0) is 31.8 Å². The van der Waals surface area contributed by atoms with Gasteiger partial charge in [-0.15, -0.1) is 0 Å². The number of nitrogens with two attached hydrogens (primary N) is 1.